The van der Waals surface area contributed by atoms with Crippen LogP contribution in [0.15, 0.2) is 72.3 Å². The Kier molecular flexibility index (Phi) is 12.0. The number of esters is 1. The number of ether oxygens (including phenoxy) is 1. The minimum Gasteiger partial charge on any atom is -0.565 e. The molecule has 2 rings (SSSR count). The van der Waals surface area contributed by atoms with Gasteiger partial charge in [-0.2, -0.15) is 0 Å². The van der Waals surface area contributed by atoms with Crippen LogP contribution in [0.2, 0.25) is 0 Å². The molecule has 0 aromatic heterocycles. The summed E-state index contributed by atoms with van der Waals surface area (Å²) >= 11 is 0. The summed E-state index contributed by atoms with van der Waals surface area (Å²) in [5.41, 5.74) is 11.6. The first-order valence-electron chi connectivity index (χ1n) is 8.54. The minimum absolute atomic E-state index is 0. The van der Waals surface area contributed by atoms with E-state index in [2.05, 4.69) is 10.2 Å². The standard InChI is InChI=1S/C21H21F2N2O3.K/c1-27-21(26)17-7-2-16(3-8-17)14-28-25-20(12-19(23)13-24)11-6-15-4-9-18(22)10-5-15;/h2-5,7-10,12-13H,6,11,14,24H2,1H3;/q-1;+1/b19-13+,20-12+;. The predicted molar refractivity (Wildman–Crippen MR) is 102 cm³/mol. The molecule has 0 fully saturated rings. The van der Waals surface area contributed by atoms with Crippen LogP contribution in [0.25, 0.3) is 5.48 Å². The number of nitrogens with zero attached hydrogens (tertiary/aromatic N) is 1. The molecule has 0 bridgehead atoms. The van der Waals surface area contributed by atoms with Gasteiger partial charge < -0.3 is 20.8 Å². The third kappa shape index (κ3) is 9.20. The summed E-state index contributed by atoms with van der Waals surface area (Å²) in [6.07, 6.45) is 2.93. The molecule has 0 aliphatic carbocycles. The molecule has 0 atom stereocenters. The molecule has 8 heteroatoms. The van der Waals surface area contributed by atoms with Crippen molar-refractivity contribution < 1.29 is 74.5 Å². The van der Waals surface area contributed by atoms with E-state index < -0.39 is 11.8 Å². The number of benzene rings is 2. The third-order valence-corrected chi connectivity index (χ3v) is 3.83. The van der Waals surface area contributed by atoms with Crippen molar-refractivity contribution in [1.82, 2.24) is 0 Å². The van der Waals surface area contributed by atoms with Gasteiger partial charge in [0.25, 0.3) is 0 Å². The first-order chi connectivity index (χ1) is 13.5. The first-order valence-corrected chi connectivity index (χ1v) is 8.54. The van der Waals surface area contributed by atoms with Crippen LogP contribution in [0, 0.1) is 5.82 Å². The fourth-order valence-corrected chi connectivity index (χ4v) is 2.32. The number of nitrogens with two attached hydrogens (primary N) is 1. The Balaban J connectivity index is 0.00000420. The van der Waals surface area contributed by atoms with Crippen molar-refractivity contribution in [2.24, 2.45) is 5.73 Å². The summed E-state index contributed by atoms with van der Waals surface area (Å²) in [6.45, 7) is 0.142. The van der Waals surface area contributed by atoms with E-state index in [1.807, 2.05) is 0 Å². The van der Waals surface area contributed by atoms with Crippen molar-refractivity contribution >= 4 is 5.97 Å². The number of hydrogen-bond donors (Lipinski definition) is 1. The Labute approximate surface area is 211 Å². The molecule has 0 aliphatic rings. The van der Waals surface area contributed by atoms with Gasteiger partial charge in [0.15, 0.2) is 0 Å². The number of hydrogen-bond acceptors (Lipinski definition) is 4. The SMILES string of the molecule is COC(=O)c1ccc(CO[N-]/C(=C/C(F)=C\N)CCc2ccc(F)cc2)cc1.[K+]. The number of carbonyl (C=O) groups is 1. The first kappa shape index (κ1) is 25.5. The van der Waals surface area contributed by atoms with Crippen LogP contribution in [0.4, 0.5) is 8.78 Å². The maximum absolute atomic E-state index is 13.5. The molecule has 5 nitrogen and oxygen atoms in total. The molecule has 148 valence electrons. The normalized spacial score (nSPS) is 11.6. The van der Waals surface area contributed by atoms with Crippen LogP contribution in [-0.4, -0.2) is 13.1 Å². The second-order valence-corrected chi connectivity index (χ2v) is 5.87. The van der Waals surface area contributed by atoms with E-state index in [-0.39, 0.29) is 63.8 Å². The maximum Gasteiger partial charge on any atom is 1.00 e. The van der Waals surface area contributed by atoms with Crippen molar-refractivity contribution in [3.8, 4) is 0 Å². The largest absolute Gasteiger partial charge is 1.00 e. The molecule has 0 heterocycles. The van der Waals surface area contributed by atoms with Gasteiger partial charge in [-0.1, -0.05) is 24.3 Å². The van der Waals surface area contributed by atoms with E-state index >= 15 is 0 Å². The number of rotatable bonds is 9. The molecule has 2 N–H and O–H groups in total. The van der Waals surface area contributed by atoms with E-state index in [0.29, 0.717) is 24.1 Å². The van der Waals surface area contributed by atoms with Crippen molar-refractivity contribution in [2.45, 2.75) is 19.4 Å². The topological polar surface area (TPSA) is 75.7 Å². The zero-order valence-corrected chi connectivity index (χ0v) is 19.5. The Bertz CT molecular complexity index is 838. The van der Waals surface area contributed by atoms with E-state index in [1.165, 1.54) is 25.3 Å². The quantitative estimate of drug-likeness (QED) is 0.287. The number of hydroxylamine groups is 1. The zero-order valence-electron chi connectivity index (χ0n) is 16.4. The molecular weight excluding hydrogens is 405 g/mol. The number of halogens is 2. The Morgan fingerprint density at radius 3 is 2.31 bits per heavy atom. The second kappa shape index (κ2) is 13.6. The van der Waals surface area contributed by atoms with Crippen LogP contribution in [-0.2, 0) is 22.6 Å². The molecule has 0 saturated heterocycles. The molecule has 0 amide bonds. The fraction of sp³-hybridized carbons (Fsp3) is 0.190. The maximum atomic E-state index is 13.5. The monoisotopic (exact) mass is 426 g/mol. The summed E-state index contributed by atoms with van der Waals surface area (Å²) in [7, 11) is 1.31. The molecule has 0 radical (unpaired) electrons. The smallest absolute Gasteiger partial charge is 0.565 e. The summed E-state index contributed by atoms with van der Waals surface area (Å²) < 4.78 is 31.1. The third-order valence-electron chi connectivity index (χ3n) is 3.83. The average molecular weight is 427 g/mol. The van der Waals surface area contributed by atoms with Gasteiger partial charge in [-0.3, -0.25) is 0 Å². The number of allylic oxidation sites excluding steroid dienone is 3. The summed E-state index contributed by atoms with van der Waals surface area (Å²) in [6, 6.07) is 12.7. The number of carbonyl (C=O) groups excluding carboxylic acids is 1. The van der Waals surface area contributed by atoms with E-state index in [0.717, 1.165) is 17.3 Å². The van der Waals surface area contributed by atoms with E-state index in [4.69, 9.17) is 10.6 Å². The van der Waals surface area contributed by atoms with Crippen LogP contribution in [0.3, 0.4) is 0 Å². The summed E-state index contributed by atoms with van der Waals surface area (Å²) in [5.74, 6) is -1.38. The van der Waals surface area contributed by atoms with Crippen molar-refractivity contribution in [2.75, 3.05) is 7.11 Å². The minimum atomic E-state index is -0.635. The van der Waals surface area contributed by atoms with E-state index in [9.17, 15) is 13.6 Å². The molecule has 2 aromatic rings. The van der Waals surface area contributed by atoms with Gasteiger partial charge in [-0.25, -0.2) is 13.6 Å². The van der Waals surface area contributed by atoms with Gasteiger partial charge in [-0.15, -0.1) is 5.70 Å². The van der Waals surface area contributed by atoms with Gasteiger partial charge in [0, 0.05) is 6.20 Å². The van der Waals surface area contributed by atoms with Gasteiger partial charge in [0.1, 0.15) is 11.6 Å². The van der Waals surface area contributed by atoms with Crippen molar-refractivity contribution in [3.05, 3.63) is 100 Å². The Hall–Kier alpha value is -1.55. The van der Waals surface area contributed by atoms with Crippen molar-refractivity contribution in [1.29, 1.82) is 0 Å². The van der Waals surface area contributed by atoms with Gasteiger partial charge in [0.2, 0.25) is 0 Å². The zero-order chi connectivity index (χ0) is 20.4. The molecule has 2 aromatic carbocycles. The summed E-state index contributed by atoms with van der Waals surface area (Å²) in [4.78, 5) is 16.7. The van der Waals surface area contributed by atoms with Crippen LogP contribution in [0.5, 0.6) is 0 Å². The fourth-order valence-electron chi connectivity index (χ4n) is 2.32. The molecule has 0 spiro atoms. The van der Waals surface area contributed by atoms with Crippen LogP contribution in [0.1, 0.15) is 27.9 Å². The average Bonchev–Trinajstić information content (AvgIpc) is 2.72. The van der Waals surface area contributed by atoms with Gasteiger partial charge >= 0.3 is 57.4 Å². The van der Waals surface area contributed by atoms with Crippen LogP contribution >= 0.6 is 0 Å². The Morgan fingerprint density at radius 1 is 1.10 bits per heavy atom. The molecule has 0 unspecified atom stereocenters. The second-order valence-electron chi connectivity index (χ2n) is 5.87. The summed E-state index contributed by atoms with van der Waals surface area (Å²) in [5, 5.41) is 0. The number of aryl methyl sites for hydroxylation is 1. The van der Waals surface area contributed by atoms with Crippen molar-refractivity contribution in [3.63, 3.8) is 0 Å². The Morgan fingerprint density at radius 2 is 1.72 bits per heavy atom. The van der Waals surface area contributed by atoms with E-state index in [1.54, 1.807) is 36.4 Å². The van der Waals surface area contributed by atoms with Crippen LogP contribution < -0.4 is 57.1 Å². The van der Waals surface area contributed by atoms with Gasteiger partial charge in [0.05, 0.1) is 19.3 Å². The molecular formula is C21H21F2KN2O3. The molecule has 0 saturated carbocycles. The molecule has 0 aliphatic heterocycles. The predicted octanol–water partition coefficient (Wildman–Crippen LogP) is 1.71. The number of methoxy groups -OCH3 is 1. The van der Waals surface area contributed by atoms with Gasteiger partial charge in [-0.05, 0) is 54.3 Å². The molecule has 29 heavy (non-hydrogen) atoms.